The van der Waals surface area contributed by atoms with Crippen LogP contribution in [0.5, 0.6) is 0 Å². The Morgan fingerprint density at radius 3 is 2.74 bits per heavy atom. The van der Waals surface area contributed by atoms with Gasteiger partial charge in [-0.05, 0) is 43.0 Å². The van der Waals surface area contributed by atoms with E-state index in [1.807, 2.05) is 12.1 Å². The first-order valence-electron chi connectivity index (χ1n) is 6.67. The SMILES string of the molecule is OCc1ccc(N2CCCCc3ccccc32)nn1. The number of rotatable bonds is 2. The van der Waals surface area contributed by atoms with Crippen molar-refractivity contribution in [3.8, 4) is 0 Å². The zero-order valence-electron chi connectivity index (χ0n) is 10.8. The molecule has 0 aliphatic carbocycles. The van der Waals surface area contributed by atoms with Gasteiger partial charge in [0.05, 0.1) is 12.3 Å². The third-order valence-corrected chi connectivity index (χ3v) is 3.50. The van der Waals surface area contributed by atoms with Gasteiger partial charge in [0.25, 0.3) is 0 Å². The van der Waals surface area contributed by atoms with Crippen LogP contribution in [0.4, 0.5) is 11.5 Å². The molecule has 0 saturated carbocycles. The quantitative estimate of drug-likeness (QED) is 0.895. The predicted molar refractivity (Wildman–Crippen MR) is 74.3 cm³/mol. The number of anilines is 2. The van der Waals surface area contributed by atoms with Crippen molar-refractivity contribution in [3.63, 3.8) is 0 Å². The standard InChI is InChI=1S/C15H17N3O/c19-11-13-8-9-15(17-16-13)18-10-4-3-6-12-5-1-2-7-14(12)18/h1-2,5,7-9,19H,3-4,6,10-11H2. The molecule has 3 rings (SSSR count). The number of hydrogen-bond donors (Lipinski definition) is 1. The fourth-order valence-corrected chi connectivity index (χ4v) is 2.51. The van der Waals surface area contributed by atoms with E-state index in [2.05, 4.69) is 39.4 Å². The Bertz CT molecular complexity index is 554. The van der Waals surface area contributed by atoms with Crippen LogP contribution >= 0.6 is 0 Å². The van der Waals surface area contributed by atoms with Crippen molar-refractivity contribution in [2.24, 2.45) is 0 Å². The number of para-hydroxylation sites is 1. The molecule has 4 nitrogen and oxygen atoms in total. The van der Waals surface area contributed by atoms with Crippen molar-refractivity contribution < 1.29 is 5.11 Å². The highest BCUT2D eigenvalue weighted by Gasteiger charge is 2.17. The minimum Gasteiger partial charge on any atom is -0.390 e. The zero-order chi connectivity index (χ0) is 13.1. The fraction of sp³-hybridized carbons (Fsp3) is 0.333. The second kappa shape index (κ2) is 5.36. The molecule has 1 aromatic carbocycles. The predicted octanol–water partition coefficient (Wildman–Crippen LogP) is 2.44. The molecular formula is C15H17N3O. The maximum Gasteiger partial charge on any atom is 0.155 e. The van der Waals surface area contributed by atoms with Gasteiger partial charge >= 0.3 is 0 Å². The second-order valence-corrected chi connectivity index (χ2v) is 4.78. The third kappa shape index (κ3) is 2.44. The zero-order valence-corrected chi connectivity index (χ0v) is 10.8. The van der Waals surface area contributed by atoms with Crippen molar-refractivity contribution in [2.75, 3.05) is 11.4 Å². The summed E-state index contributed by atoms with van der Waals surface area (Å²) in [6.45, 7) is 0.897. The Morgan fingerprint density at radius 2 is 1.95 bits per heavy atom. The first-order valence-corrected chi connectivity index (χ1v) is 6.67. The van der Waals surface area contributed by atoms with Gasteiger partial charge in [0.15, 0.2) is 5.82 Å². The Labute approximate surface area is 112 Å². The summed E-state index contributed by atoms with van der Waals surface area (Å²) in [5.41, 5.74) is 3.20. The van der Waals surface area contributed by atoms with Crippen LogP contribution < -0.4 is 4.90 Å². The molecule has 0 spiro atoms. The number of benzene rings is 1. The second-order valence-electron chi connectivity index (χ2n) is 4.78. The minimum absolute atomic E-state index is 0.0656. The smallest absolute Gasteiger partial charge is 0.155 e. The number of aryl methyl sites for hydroxylation is 1. The van der Waals surface area contributed by atoms with Gasteiger partial charge in [0, 0.05) is 12.2 Å². The highest BCUT2D eigenvalue weighted by Crippen LogP contribution is 2.30. The van der Waals surface area contributed by atoms with Crippen LogP contribution in [0, 0.1) is 0 Å². The summed E-state index contributed by atoms with van der Waals surface area (Å²) >= 11 is 0. The molecule has 4 heteroatoms. The maximum absolute atomic E-state index is 9.03. The Morgan fingerprint density at radius 1 is 1.05 bits per heavy atom. The Kier molecular flexibility index (Phi) is 3.42. The highest BCUT2D eigenvalue weighted by atomic mass is 16.3. The lowest BCUT2D eigenvalue weighted by molar-refractivity contribution is 0.275. The number of aliphatic hydroxyl groups is 1. The summed E-state index contributed by atoms with van der Waals surface area (Å²) in [5.74, 6) is 0.853. The van der Waals surface area contributed by atoms with Gasteiger partial charge in [-0.1, -0.05) is 18.2 Å². The van der Waals surface area contributed by atoms with Gasteiger partial charge < -0.3 is 10.0 Å². The summed E-state index contributed by atoms with van der Waals surface area (Å²) in [7, 11) is 0. The van der Waals surface area contributed by atoms with E-state index in [4.69, 9.17) is 5.11 Å². The molecule has 1 N–H and O–H groups in total. The van der Waals surface area contributed by atoms with Crippen LogP contribution in [0.1, 0.15) is 24.1 Å². The van der Waals surface area contributed by atoms with Gasteiger partial charge in [-0.25, -0.2) is 0 Å². The molecule has 1 aromatic heterocycles. The van der Waals surface area contributed by atoms with Crippen molar-refractivity contribution in [3.05, 3.63) is 47.7 Å². The van der Waals surface area contributed by atoms with Gasteiger partial charge in [0.2, 0.25) is 0 Å². The Balaban J connectivity index is 1.99. The van der Waals surface area contributed by atoms with Gasteiger partial charge in [0.1, 0.15) is 0 Å². The molecule has 1 aliphatic heterocycles. The lowest BCUT2D eigenvalue weighted by atomic mass is 10.1. The summed E-state index contributed by atoms with van der Waals surface area (Å²) in [6.07, 6.45) is 3.47. The van der Waals surface area contributed by atoms with Crippen LogP contribution in [0.3, 0.4) is 0 Å². The third-order valence-electron chi connectivity index (χ3n) is 3.50. The number of fused-ring (bicyclic) bond motifs is 1. The van der Waals surface area contributed by atoms with E-state index >= 15 is 0 Å². The monoisotopic (exact) mass is 255 g/mol. The van der Waals surface area contributed by atoms with Gasteiger partial charge in [-0.3, -0.25) is 0 Å². The minimum atomic E-state index is -0.0656. The topological polar surface area (TPSA) is 49.2 Å². The largest absolute Gasteiger partial charge is 0.390 e. The summed E-state index contributed by atoms with van der Waals surface area (Å²) in [4.78, 5) is 2.22. The van der Waals surface area contributed by atoms with Crippen molar-refractivity contribution in [1.29, 1.82) is 0 Å². The molecule has 1 aliphatic rings. The molecule has 0 unspecified atom stereocenters. The van der Waals surface area contributed by atoms with E-state index in [1.165, 1.54) is 17.7 Å². The molecule has 0 atom stereocenters. The summed E-state index contributed by atoms with van der Waals surface area (Å²) in [6, 6.07) is 12.2. The lowest BCUT2D eigenvalue weighted by Crippen LogP contribution is -2.19. The van der Waals surface area contributed by atoms with E-state index in [9.17, 15) is 0 Å². The number of aromatic nitrogens is 2. The average molecular weight is 255 g/mol. The van der Waals surface area contributed by atoms with Crippen LogP contribution in [0.25, 0.3) is 0 Å². The summed E-state index contributed by atoms with van der Waals surface area (Å²) in [5, 5.41) is 17.3. The Hall–Kier alpha value is -1.94. The van der Waals surface area contributed by atoms with Crippen LogP contribution in [0.15, 0.2) is 36.4 Å². The number of aliphatic hydroxyl groups excluding tert-OH is 1. The average Bonchev–Trinajstić information content (AvgIpc) is 2.70. The first-order chi connectivity index (χ1) is 9.38. The number of hydrogen-bond acceptors (Lipinski definition) is 4. The molecule has 0 radical (unpaired) electrons. The lowest BCUT2D eigenvalue weighted by Gasteiger charge is -2.23. The van der Waals surface area contributed by atoms with E-state index in [-0.39, 0.29) is 6.61 Å². The van der Waals surface area contributed by atoms with E-state index in [0.717, 1.165) is 25.2 Å². The molecule has 98 valence electrons. The molecule has 0 fully saturated rings. The molecule has 0 amide bonds. The molecule has 19 heavy (non-hydrogen) atoms. The fourth-order valence-electron chi connectivity index (χ4n) is 2.51. The van der Waals surface area contributed by atoms with Crippen LogP contribution in [-0.4, -0.2) is 21.8 Å². The molecule has 2 aromatic rings. The van der Waals surface area contributed by atoms with Crippen molar-refractivity contribution >= 4 is 11.5 Å². The first kappa shape index (κ1) is 12.1. The summed E-state index contributed by atoms with van der Waals surface area (Å²) < 4.78 is 0. The molecule has 0 bridgehead atoms. The van der Waals surface area contributed by atoms with Gasteiger partial charge in [-0.2, -0.15) is 5.10 Å². The molecule has 0 saturated heterocycles. The number of nitrogens with zero attached hydrogens (tertiary/aromatic N) is 3. The van der Waals surface area contributed by atoms with Crippen molar-refractivity contribution in [1.82, 2.24) is 10.2 Å². The maximum atomic E-state index is 9.03. The van der Waals surface area contributed by atoms with Crippen molar-refractivity contribution in [2.45, 2.75) is 25.9 Å². The van der Waals surface area contributed by atoms with Crippen LogP contribution in [0.2, 0.25) is 0 Å². The van der Waals surface area contributed by atoms with Crippen LogP contribution in [-0.2, 0) is 13.0 Å². The van der Waals surface area contributed by atoms with Gasteiger partial charge in [-0.15, -0.1) is 5.10 Å². The van der Waals surface area contributed by atoms with E-state index in [0.29, 0.717) is 5.69 Å². The van der Waals surface area contributed by atoms with E-state index in [1.54, 1.807) is 0 Å². The molecular weight excluding hydrogens is 238 g/mol. The normalized spacial score (nSPS) is 14.9. The van der Waals surface area contributed by atoms with E-state index < -0.39 is 0 Å². The molecule has 2 heterocycles. The highest BCUT2D eigenvalue weighted by molar-refractivity contribution is 5.64.